The van der Waals surface area contributed by atoms with Crippen LogP contribution in [0.5, 0.6) is 34.5 Å². The highest BCUT2D eigenvalue weighted by atomic mass is 35.5. The summed E-state index contributed by atoms with van der Waals surface area (Å²) in [5.41, 5.74) is 0.239. The monoisotopic (exact) mass is 1030 g/mol. The predicted molar refractivity (Wildman–Crippen MR) is 235 cm³/mol. The van der Waals surface area contributed by atoms with Crippen LogP contribution in [0.15, 0.2) is 129 Å². The van der Waals surface area contributed by atoms with Gasteiger partial charge in [-0.2, -0.15) is 0 Å². The Kier molecular flexibility index (Phi) is 16.1. The molecule has 0 spiro atoms. The van der Waals surface area contributed by atoms with Crippen LogP contribution >= 0.6 is 46.4 Å². The number of carboxylic acid groups (broad SMARTS) is 2. The largest absolute Gasteiger partial charge is 0.507 e. The summed E-state index contributed by atoms with van der Waals surface area (Å²) in [6.45, 7) is 0. The molecule has 66 heavy (non-hydrogen) atoms. The molecule has 0 saturated heterocycles. The minimum atomic E-state index is -4.21. The van der Waals surface area contributed by atoms with Crippen LogP contribution in [-0.2, 0) is 38.9 Å². The number of aromatic hydroxyl groups is 2. The maximum Gasteiger partial charge on any atom is 0.312 e. The van der Waals surface area contributed by atoms with Gasteiger partial charge in [0.15, 0.2) is 11.5 Å². The normalized spacial score (nSPS) is 11.1. The average molecular weight is 1030 g/mol. The smallest absolute Gasteiger partial charge is 0.312 e. The van der Waals surface area contributed by atoms with Gasteiger partial charge in [0.05, 0.1) is 29.9 Å². The molecular weight excluding hydrogens is 1000 g/mol. The first-order valence-electron chi connectivity index (χ1n) is 18.0. The van der Waals surface area contributed by atoms with Crippen LogP contribution in [0.3, 0.4) is 0 Å². The number of hydrogen-bond acceptors (Lipinski definition) is 12. The Hall–Kier alpha value is -6.68. The number of phenolic OH excluding ortho intramolecular Hbond substituents is 2. The number of hydrogen-bond donors (Lipinski definition) is 6. The third kappa shape index (κ3) is 12.8. The third-order valence-electron chi connectivity index (χ3n) is 8.32. The molecule has 6 aromatic carbocycles. The van der Waals surface area contributed by atoms with Gasteiger partial charge < -0.3 is 40.5 Å². The van der Waals surface area contributed by atoms with Gasteiger partial charge in [0.1, 0.15) is 57.3 Å². The molecule has 24 heteroatoms. The van der Waals surface area contributed by atoms with Crippen molar-refractivity contribution < 1.29 is 74.7 Å². The fraction of sp³-hybridized carbons (Fsp3) is 0.0476. The summed E-state index contributed by atoms with van der Waals surface area (Å²) in [5.74, 6) is -6.82. The summed E-state index contributed by atoms with van der Waals surface area (Å²) in [4.78, 5) is 43.0. The lowest BCUT2D eigenvalue weighted by atomic mass is 10.2. The number of nitrogens with one attached hydrogen (secondary N) is 2. The van der Waals surface area contributed by atoms with Crippen molar-refractivity contribution >= 4 is 101 Å². The van der Waals surface area contributed by atoms with Gasteiger partial charge in [-0.05, 0) is 97.1 Å². The second kappa shape index (κ2) is 21.1. The van der Waals surface area contributed by atoms with Crippen molar-refractivity contribution in [3.05, 3.63) is 141 Å². The van der Waals surface area contributed by atoms with Gasteiger partial charge in [0.25, 0.3) is 0 Å². The highest BCUT2D eigenvalue weighted by Gasteiger charge is 2.25. The minimum absolute atomic E-state index is 0.0417. The van der Waals surface area contributed by atoms with Crippen molar-refractivity contribution in [3.63, 3.8) is 0 Å². The Morgan fingerprint density at radius 3 is 1.09 bits per heavy atom. The van der Waals surface area contributed by atoms with E-state index in [0.717, 1.165) is 72.8 Å². The molecule has 16 nitrogen and oxygen atoms in total. The van der Waals surface area contributed by atoms with E-state index >= 15 is 0 Å². The Bertz CT molecular complexity index is 2850. The average Bonchev–Trinajstić information content (AvgIpc) is 3.21. The molecule has 0 fully saturated rings. The number of carbonyl (C=O) groups excluding carboxylic acids is 2. The zero-order chi connectivity index (χ0) is 48.7. The number of sulfone groups is 2. The van der Waals surface area contributed by atoms with Crippen molar-refractivity contribution in [2.75, 3.05) is 10.6 Å². The highest BCUT2D eigenvalue weighted by Crippen LogP contribution is 2.42. The number of benzene rings is 6. The Morgan fingerprint density at radius 1 is 0.500 bits per heavy atom. The number of aliphatic carboxylic acids is 2. The molecule has 0 aromatic heterocycles. The Morgan fingerprint density at radius 2 is 0.803 bits per heavy atom. The van der Waals surface area contributed by atoms with Crippen molar-refractivity contribution in [1.82, 2.24) is 0 Å². The summed E-state index contributed by atoms with van der Waals surface area (Å²) < 4.78 is 88.9. The van der Waals surface area contributed by atoms with Gasteiger partial charge in [0, 0.05) is 23.5 Å². The first-order chi connectivity index (χ1) is 30.9. The predicted octanol–water partition coefficient (Wildman–Crippen LogP) is 9.75. The lowest BCUT2D eigenvalue weighted by molar-refractivity contribution is -0.141. The first kappa shape index (κ1) is 50.3. The number of anilines is 2. The lowest BCUT2D eigenvalue weighted by Gasteiger charge is -2.14. The second-order valence-corrected chi connectivity index (χ2v) is 18.6. The van der Waals surface area contributed by atoms with Gasteiger partial charge in [-0.3, -0.25) is 19.2 Å². The zero-order valence-corrected chi connectivity index (χ0v) is 37.4. The van der Waals surface area contributed by atoms with Crippen LogP contribution < -0.4 is 20.1 Å². The molecule has 0 radical (unpaired) electrons. The molecule has 0 aliphatic heterocycles. The SMILES string of the molecule is O=C(O)CC(=O)Nc1cc(Cl)c(Oc2ccc(O)c(S(=O)(=O)c3ccc(F)cc3)c2)c(Cl)c1.O=C(O)CC(=O)Nc1cc(Cl)c(Oc2ccc(O)c(S(=O)(=O)c3ccc(F)cc3)c2)c(Cl)c1. The molecule has 0 unspecified atom stereocenters. The van der Waals surface area contributed by atoms with Crippen LogP contribution in [0.25, 0.3) is 0 Å². The van der Waals surface area contributed by atoms with Crippen LogP contribution in [0.4, 0.5) is 20.2 Å². The molecule has 344 valence electrons. The zero-order valence-electron chi connectivity index (χ0n) is 32.8. The summed E-state index contributed by atoms with van der Waals surface area (Å²) >= 11 is 24.7. The summed E-state index contributed by atoms with van der Waals surface area (Å²) in [7, 11) is -8.42. The Labute approximate surface area is 392 Å². The van der Waals surface area contributed by atoms with E-state index in [0.29, 0.717) is 0 Å². The molecule has 0 aliphatic carbocycles. The van der Waals surface area contributed by atoms with E-state index in [2.05, 4.69) is 10.6 Å². The van der Waals surface area contributed by atoms with Crippen LogP contribution in [0.1, 0.15) is 12.8 Å². The molecule has 0 saturated carbocycles. The van der Waals surface area contributed by atoms with Gasteiger partial charge in [-0.1, -0.05) is 46.4 Å². The molecule has 2 amide bonds. The number of rotatable bonds is 14. The number of amides is 2. The maximum atomic E-state index is 13.2. The van der Waals surface area contributed by atoms with E-state index < -0.39 is 89.2 Å². The van der Waals surface area contributed by atoms with Crippen LogP contribution in [0, 0.1) is 11.6 Å². The van der Waals surface area contributed by atoms with Gasteiger partial charge in [-0.15, -0.1) is 0 Å². The van der Waals surface area contributed by atoms with E-state index in [1.54, 1.807) is 0 Å². The summed E-state index contributed by atoms with van der Waals surface area (Å²) in [6, 6.07) is 20.0. The van der Waals surface area contributed by atoms with Gasteiger partial charge >= 0.3 is 11.9 Å². The molecule has 0 heterocycles. The minimum Gasteiger partial charge on any atom is -0.507 e. The van der Waals surface area contributed by atoms with E-state index in [1.165, 1.54) is 36.4 Å². The van der Waals surface area contributed by atoms with Crippen LogP contribution in [0.2, 0.25) is 20.1 Å². The van der Waals surface area contributed by atoms with E-state index in [9.17, 15) is 55.0 Å². The molecule has 6 N–H and O–H groups in total. The van der Waals surface area contributed by atoms with Gasteiger partial charge in [-0.25, -0.2) is 25.6 Å². The molecule has 6 aromatic rings. The second-order valence-electron chi connectivity index (χ2n) is 13.2. The number of carbonyl (C=O) groups is 4. The first-order valence-corrected chi connectivity index (χ1v) is 22.5. The standard InChI is InChI=1S/2C21H14Cl2FNO7S/c2*22-15-7-12(25-19(27)10-20(28)29)8-16(23)21(15)32-13-3-6-17(26)18(9-13)33(30,31)14-4-1-11(24)2-5-14/h2*1-9,26H,10H2,(H,25,27)(H,28,29). The van der Waals surface area contributed by atoms with E-state index in [1.807, 2.05) is 0 Å². The van der Waals surface area contributed by atoms with Crippen molar-refractivity contribution in [3.8, 4) is 34.5 Å². The Balaban J connectivity index is 0.000000247. The van der Waals surface area contributed by atoms with Crippen LogP contribution in [-0.4, -0.2) is 61.0 Å². The highest BCUT2D eigenvalue weighted by molar-refractivity contribution is 7.92. The number of halogens is 6. The molecular formula is C42H28Cl4F2N2O14S2. The van der Waals surface area contributed by atoms with Crippen molar-refractivity contribution in [1.29, 1.82) is 0 Å². The van der Waals surface area contributed by atoms with E-state index in [-0.39, 0.29) is 64.3 Å². The fourth-order valence-corrected chi connectivity index (χ4v) is 9.26. The maximum absolute atomic E-state index is 13.2. The van der Waals surface area contributed by atoms with Gasteiger partial charge in [0.2, 0.25) is 31.5 Å². The summed E-state index contributed by atoms with van der Waals surface area (Å²) in [6.07, 6.45) is -1.52. The quantitative estimate of drug-likeness (QED) is 0.0438. The third-order valence-corrected chi connectivity index (χ3v) is 13.0. The van der Waals surface area contributed by atoms with E-state index in [4.69, 9.17) is 66.1 Å². The summed E-state index contributed by atoms with van der Waals surface area (Å²) in [5, 5.41) is 41.9. The molecule has 0 aliphatic rings. The fourth-order valence-electron chi connectivity index (χ4n) is 5.41. The van der Waals surface area contributed by atoms with Crippen molar-refractivity contribution in [2.24, 2.45) is 0 Å². The number of phenols is 2. The number of ether oxygens (including phenoxy) is 2. The topological polar surface area (TPSA) is 260 Å². The van der Waals surface area contributed by atoms with Crippen molar-refractivity contribution in [2.45, 2.75) is 32.4 Å². The lowest BCUT2D eigenvalue weighted by Crippen LogP contribution is -2.15. The molecule has 0 atom stereocenters. The number of carboxylic acids is 2. The molecule has 6 rings (SSSR count). The molecule has 0 bridgehead atoms.